The molecule has 2 aliphatic rings. The van der Waals surface area contributed by atoms with Crippen molar-refractivity contribution in [1.29, 1.82) is 0 Å². The Hall–Kier alpha value is -2.84. The number of aryl methyl sites for hydroxylation is 2. The summed E-state index contributed by atoms with van der Waals surface area (Å²) in [6.07, 6.45) is 6.24. The Labute approximate surface area is 189 Å². The third kappa shape index (κ3) is 4.66. The van der Waals surface area contributed by atoms with Crippen molar-refractivity contribution in [2.75, 3.05) is 40.4 Å². The van der Waals surface area contributed by atoms with Gasteiger partial charge in [-0.2, -0.15) is 4.31 Å². The van der Waals surface area contributed by atoms with E-state index in [0.29, 0.717) is 29.5 Å². The van der Waals surface area contributed by atoms with Gasteiger partial charge in [0.05, 0.1) is 19.1 Å². The van der Waals surface area contributed by atoms with E-state index in [-0.39, 0.29) is 19.0 Å². The summed E-state index contributed by atoms with van der Waals surface area (Å²) < 4.78 is 38.1. The SMILES string of the molecule is COc1cc(C=CC(=O)N2CCN(S(=O)(=O)c3ccc4c(c3)CCC4)CC2)cc(OC)c1. The number of benzene rings is 2. The average Bonchev–Trinajstić information content (AvgIpc) is 3.30. The highest BCUT2D eigenvalue weighted by Gasteiger charge is 2.30. The van der Waals surface area contributed by atoms with Crippen LogP contribution < -0.4 is 9.47 Å². The van der Waals surface area contributed by atoms with Gasteiger partial charge in [0.15, 0.2) is 0 Å². The fraction of sp³-hybridized carbons (Fsp3) is 0.375. The molecule has 2 aromatic carbocycles. The minimum Gasteiger partial charge on any atom is -0.497 e. The smallest absolute Gasteiger partial charge is 0.246 e. The van der Waals surface area contributed by atoms with Gasteiger partial charge in [0, 0.05) is 38.3 Å². The molecule has 0 bridgehead atoms. The molecule has 2 aromatic rings. The lowest BCUT2D eigenvalue weighted by Gasteiger charge is -2.33. The largest absolute Gasteiger partial charge is 0.497 e. The zero-order valence-corrected chi connectivity index (χ0v) is 19.2. The van der Waals surface area contributed by atoms with Gasteiger partial charge in [-0.3, -0.25) is 4.79 Å². The second-order valence-corrected chi connectivity index (χ2v) is 9.93. The average molecular weight is 457 g/mol. The number of hydrogen-bond acceptors (Lipinski definition) is 5. The first-order valence-corrected chi connectivity index (χ1v) is 12.2. The van der Waals surface area contributed by atoms with Gasteiger partial charge in [0.1, 0.15) is 11.5 Å². The van der Waals surface area contributed by atoms with E-state index < -0.39 is 10.0 Å². The number of fused-ring (bicyclic) bond motifs is 1. The lowest BCUT2D eigenvalue weighted by Crippen LogP contribution is -2.50. The molecule has 4 rings (SSSR count). The van der Waals surface area contributed by atoms with Gasteiger partial charge in [-0.15, -0.1) is 0 Å². The number of carbonyl (C=O) groups is 1. The van der Waals surface area contributed by atoms with E-state index in [1.54, 1.807) is 37.3 Å². The van der Waals surface area contributed by atoms with Gasteiger partial charge in [-0.25, -0.2) is 8.42 Å². The number of sulfonamides is 1. The highest BCUT2D eigenvalue weighted by atomic mass is 32.2. The van der Waals surface area contributed by atoms with Crippen molar-refractivity contribution in [3.63, 3.8) is 0 Å². The summed E-state index contributed by atoms with van der Waals surface area (Å²) in [7, 11) is -0.408. The van der Waals surface area contributed by atoms with Gasteiger partial charge < -0.3 is 14.4 Å². The van der Waals surface area contributed by atoms with E-state index in [9.17, 15) is 13.2 Å². The van der Waals surface area contributed by atoms with Gasteiger partial charge in [0.25, 0.3) is 0 Å². The molecule has 32 heavy (non-hydrogen) atoms. The van der Waals surface area contributed by atoms with E-state index in [2.05, 4.69) is 0 Å². The Morgan fingerprint density at radius 3 is 2.22 bits per heavy atom. The first kappa shape index (κ1) is 22.4. The molecule has 1 saturated heterocycles. The first-order chi connectivity index (χ1) is 15.4. The lowest BCUT2D eigenvalue weighted by atomic mass is 10.1. The van der Waals surface area contributed by atoms with Crippen LogP contribution in [0, 0.1) is 0 Å². The van der Waals surface area contributed by atoms with Crippen molar-refractivity contribution in [2.45, 2.75) is 24.2 Å². The molecular formula is C24H28N2O5S. The predicted molar refractivity (Wildman–Crippen MR) is 122 cm³/mol. The van der Waals surface area contributed by atoms with Crippen molar-refractivity contribution in [1.82, 2.24) is 9.21 Å². The number of ether oxygens (including phenoxy) is 2. The topological polar surface area (TPSA) is 76.2 Å². The Morgan fingerprint density at radius 1 is 0.906 bits per heavy atom. The van der Waals surface area contributed by atoms with E-state index in [1.807, 2.05) is 24.3 Å². The number of piperazine rings is 1. The highest BCUT2D eigenvalue weighted by molar-refractivity contribution is 7.89. The van der Waals surface area contributed by atoms with Gasteiger partial charge in [-0.1, -0.05) is 6.07 Å². The third-order valence-corrected chi connectivity index (χ3v) is 7.94. The maximum Gasteiger partial charge on any atom is 0.246 e. The maximum atomic E-state index is 13.1. The standard InChI is InChI=1S/C24H28N2O5S/c1-30-21-14-18(15-22(17-21)31-2)6-9-24(27)25-10-12-26(13-11-25)32(28,29)23-8-7-19-4-3-5-20(19)16-23/h6-9,14-17H,3-5,10-13H2,1-2H3. The summed E-state index contributed by atoms with van der Waals surface area (Å²) in [4.78, 5) is 14.7. The van der Waals surface area contributed by atoms with Crippen molar-refractivity contribution in [3.05, 3.63) is 59.2 Å². The second kappa shape index (κ2) is 9.34. The minimum absolute atomic E-state index is 0.152. The van der Waals surface area contributed by atoms with E-state index >= 15 is 0 Å². The summed E-state index contributed by atoms with van der Waals surface area (Å²) >= 11 is 0. The highest BCUT2D eigenvalue weighted by Crippen LogP contribution is 2.27. The third-order valence-electron chi connectivity index (χ3n) is 6.05. The van der Waals surface area contributed by atoms with Crippen LogP contribution >= 0.6 is 0 Å². The van der Waals surface area contributed by atoms with Gasteiger partial charge in [-0.05, 0) is 66.3 Å². The molecule has 0 aromatic heterocycles. The molecule has 1 amide bonds. The molecule has 1 fully saturated rings. The summed E-state index contributed by atoms with van der Waals surface area (Å²) in [5.74, 6) is 1.13. The summed E-state index contributed by atoms with van der Waals surface area (Å²) in [5.41, 5.74) is 3.17. The molecule has 1 aliphatic carbocycles. The quantitative estimate of drug-likeness (QED) is 0.625. The van der Waals surface area contributed by atoms with Crippen molar-refractivity contribution < 1.29 is 22.7 Å². The van der Waals surface area contributed by atoms with Crippen LogP contribution in [0.5, 0.6) is 11.5 Å². The van der Waals surface area contributed by atoms with Gasteiger partial charge in [0.2, 0.25) is 15.9 Å². The van der Waals surface area contributed by atoms with Crippen molar-refractivity contribution in [2.24, 2.45) is 0 Å². The molecule has 0 radical (unpaired) electrons. The molecule has 0 unspecified atom stereocenters. The maximum absolute atomic E-state index is 13.1. The molecule has 0 atom stereocenters. The first-order valence-electron chi connectivity index (χ1n) is 10.7. The van der Waals surface area contributed by atoms with Crippen LogP contribution in [0.1, 0.15) is 23.1 Å². The normalized spacial score (nSPS) is 16.9. The molecule has 0 N–H and O–H groups in total. The zero-order chi connectivity index (χ0) is 22.7. The Balaban J connectivity index is 1.39. The van der Waals surface area contributed by atoms with Crippen LogP contribution in [-0.4, -0.2) is 63.9 Å². The fourth-order valence-electron chi connectivity index (χ4n) is 4.21. The number of rotatable bonds is 6. The van der Waals surface area contributed by atoms with Crippen molar-refractivity contribution >= 4 is 22.0 Å². The number of nitrogens with zero attached hydrogens (tertiary/aromatic N) is 2. The Morgan fingerprint density at radius 2 is 1.56 bits per heavy atom. The second-order valence-electron chi connectivity index (χ2n) is 7.99. The van der Waals surface area contributed by atoms with Crippen molar-refractivity contribution in [3.8, 4) is 11.5 Å². The fourth-order valence-corrected chi connectivity index (χ4v) is 5.68. The lowest BCUT2D eigenvalue weighted by molar-refractivity contribution is -0.127. The van der Waals surface area contributed by atoms with E-state index in [1.165, 1.54) is 15.9 Å². The van der Waals surface area contributed by atoms with E-state index in [0.717, 1.165) is 30.4 Å². The van der Waals surface area contributed by atoms with E-state index in [4.69, 9.17) is 9.47 Å². The molecular weight excluding hydrogens is 428 g/mol. The monoisotopic (exact) mass is 456 g/mol. The minimum atomic E-state index is -3.55. The number of methoxy groups -OCH3 is 2. The number of amides is 1. The predicted octanol–water partition coefficient (Wildman–Crippen LogP) is 2.74. The molecule has 0 spiro atoms. The number of carbonyl (C=O) groups excluding carboxylic acids is 1. The molecule has 1 aliphatic heterocycles. The van der Waals surface area contributed by atoms with Crippen LogP contribution in [0.4, 0.5) is 0 Å². The van der Waals surface area contributed by atoms with Crippen LogP contribution in [0.3, 0.4) is 0 Å². The molecule has 7 nitrogen and oxygen atoms in total. The summed E-state index contributed by atoms with van der Waals surface area (Å²) in [6.45, 7) is 1.28. The molecule has 1 heterocycles. The number of hydrogen-bond donors (Lipinski definition) is 0. The van der Waals surface area contributed by atoms with Crippen LogP contribution in [0.2, 0.25) is 0 Å². The van der Waals surface area contributed by atoms with Gasteiger partial charge >= 0.3 is 0 Å². The summed E-state index contributed by atoms with van der Waals surface area (Å²) in [6, 6.07) is 10.9. The Kier molecular flexibility index (Phi) is 6.53. The molecule has 170 valence electrons. The molecule has 0 saturated carbocycles. The van der Waals surface area contributed by atoms with Crippen LogP contribution in [0.25, 0.3) is 6.08 Å². The molecule has 8 heteroatoms. The zero-order valence-electron chi connectivity index (χ0n) is 18.4. The Bertz CT molecular complexity index is 1110. The van der Waals surface area contributed by atoms with Crippen LogP contribution in [0.15, 0.2) is 47.4 Å². The van der Waals surface area contributed by atoms with Crippen LogP contribution in [-0.2, 0) is 27.7 Å². The summed E-state index contributed by atoms with van der Waals surface area (Å²) in [5, 5.41) is 0.